The molecule has 140 valence electrons. The molecule has 0 bridgehead atoms. The molecule has 0 unspecified atom stereocenters. The largest absolute Gasteiger partial charge is 0.497 e. The first kappa shape index (κ1) is 18.7. The lowest BCUT2D eigenvalue weighted by Gasteiger charge is -2.12. The van der Waals surface area contributed by atoms with Crippen molar-refractivity contribution in [2.45, 2.75) is 13.0 Å². The highest BCUT2D eigenvalue weighted by atomic mass is 32.1. The van der Waals surface area contributed by atoms with Crippen LogP contribution in [0.3, 0.4) is 0 Å². The van der Waals surface area contributed by atoms with Gasteiger partial charge in [0.2, 0.25) is 5.91 Å². The molecule has 0 saturated heterocycles. The Morgan fingerprint density at radius 3 is 2.59 bits per heavy atom. The van der Waals surface area contributed by atoms with Gasteiger partial charge in [0.25, 0.3) is 0 Å². The van der Waals surface area contributed by atoms with Gasteiger partial charge in [0.15, 0.2) is 5.11 Å². The highest BCUT2D eigenvalue weighted by Gasteiger charge is 2.11. The number of amides is 1. The molecule has 0 radical (unpaired) electrons. The monoisotopic (exact) mass is 383 g/mol. The molecule has 0 aliphatic rings. The molecule has 1 heterocycles. The minimum atomic E-state index is -0.220. The lowest BCUT2D eigenvalue weighted by atomic mass is 10.2. The summed E-state index contributed by atoms with van der Waals surface area (Å²) in [4.78, 5) is 16.6. The first-order valence-electron chi connectivity index (χ1n) is 8.43. The Kier molecular flexibility index (Phi) is 5.87. The van der Waals surface area contributed by atoms with Crippen LogP contribution in [0.5, 0.6) is 5.75 Å². The third kappa shape index (κ3) is 4.73. The van der Waals surface area contributed by atoms with Crippen LogP contribution in [0.2, 0.25) is 0 Å². The van der Waals surface area contributed by atoms with Crippen LogP contribution in [0, 0.1) is 0 Å². The zero-order valence-corrected chi connectivity index (χ0v) is 16.0. The standard InChI is InChI=1S/C19H21N5O2S/c1-24-16-6-4-3-5-15(16)21-17(24)11-18(25)22-23-19(27)20-12-13-7-9-14(26-2)10-8-13/h3-10H,11-12H2,1-2H3,(H,22,25)(H2,20,23,27). The van der Waals surface area contributed by atoms with Crippen molar-refractivity contribution in [1.29, 1.82) is 0 Å². The first-order valence-corrected chi connectivity index (χ1v) is 8.83. The fourth-order valence-electron chi connectivity index (χ4n) is 2.64. The van der Waals surface area contributed by atoms with Crippen LogP contribution in [0.25, 0.3) is 11.0 Å². The molecule has 3 aromatic rings. The van der Waals surface area contributed by atoms with Gasteiger partial charge in [0, 0.05) is 13.6 Å². The van der Waals surface area contributed by atoms with E-state index in [1.807, 2.05) is 60.1 Å². The van der Waals surface area contributed by atoms with Crippen LogP contribution in [0.4, 0.5) is 0 Å². The summed E-state index contributed by atoms with van der Waals surface area (Å²) in [7, 11) is 3.52. The molecule has 0 saturated carbocycles. The summed E-state index contributed by atoms with van der Waals surface area (Å²) in [5.74, 6) is 1.27. The van der Waals surface area contributed by atoms with E-state index in [0.717, 1.165) is 22.3 Å². The van der Waals surface area contributed by atoms with E-state index in [1.165, 1.54) is 0 Å². The molecule has 3 N–H and O–H groups in total. The Hall–Kier alpha value is -3.13. The van der Waals surface area contributed by atoms with Gasteiger partial charge >= 0.3 is 0 Å². The molecule has 0 fully saturated rings. The normalized spacial score (nSPS) is 10.4. The Morgan fingerprint density at radius 2 is 1.89 bits per heavy atom. The number of para-hydroxylation sites is 2. The van der Waals surface area contributed by atoms with Crippen LogP contribution >= 0.6 is 12.2 Å². The van der Waals surface area contributed by atoms with Crippen LogP contribution in [0.1, 0.15) is 11.4 Å². The number of imidazole rings is 1. The summed E-state index contributed by atoms with van der Waals surface area (Å²) < 4.78 is 7.04. The molecular weight excluding hydrogens is 362 g/mol. The number of thiocarbonyl (C=S) groups is 1. The summed E-state index contributed by atoms with van der Waals surface area (Å²) in [6.07, 6.45) is 0.152. The van der Waals surface area contributed by atoms with Crippen LogP contribution in [-0.4, -0.2) is 27.7 Å². The van der Waals surface area contributed by atoms with Gasteiger partial charge in [0.05, 0.1) is 24.6 Å². The quantitative estimate of drug-likeness (QED) is 0.461. The molecule has 27 heavy (non-hydrogen) atoms. The predicted octanol–water partition coefficient (Wildman–Crippen LogP) is 1.82. The summed E-state index contributed by atoms with van der Waals surface area (Å²) in [5.41, 5.74) is 8.20. The fraction of sp³-hybridized carbons (Fsp3) is 0.211. The number of methoxy groups -OCH3 is 1. The van der Waals surface area contributed by atoms with Crippen molar-refractivity contribution in [2.24, 2.45) is 7.05 Å². The van der Waals surface area contributed by atoms with Crippen molar-refractivity contribution in [3.8, 4) is 5.75 Å². The number of hydrazine groups is 1. The van der Waals surface area contributed by atoms with E-state index < -0.39 is 0 Å². The lowest BCUT2D eigenvalue weighted by molar-refractivity contribution is -0.121. The van der Waals surface area contributed by atoms with Gasteiger partial charge in [-0.15, -0.1) is 0 Å². The van der Waals surface area contributed by atoms with Crippen LogP contribution in [-0.2, 0) is 24.8 Å². The number of aromatic nitrogens is 2. The maximum absolute atomic E-state index is 12.2. The molecule has 1 aromatic heterocycles. The molecule has 1 amide bonds. The molecule has 0 aliphatic carbocycles. The number of nitrogens with zero attached hydrogens (tertiary/aromatic N) is 2. The van der Waals surface area contributed by atoms with Crippen molar-refractivity contribution in [2.75, 3.05) is 7.11 Å². The topological polar surface area (TPSA) is 80.2 Å². The zero-order chi connectivity index (χ0) is 19.2. The average molecular weight is 383 g/mol. The second-order valence-electron chi connectivity index (χ2n) is 5.96. The van der Waals surface area contributed by atoms with Crippen LogP contribution in [0.15, 0.2) is 48.5 Å². The van der Waals surface area contributed by atoms with Gasteiger partial charge in [-0.05, 0) is 42.0 Å². The number of carbonyl (C=O) groups is 1. The first-order chi connectivity index (χ1) is 13.1. The Bertz CT molecular complexity index is 952. The SMILES string of the molecule is COc1ccc(CNC(=S)NNC(=O)Cc2nc3ccccc3n2C)cc1. The fourth-order valence-corrected chi connectivity index (χ4v) is 2.76. The molecule has 3 rings (SSSR count). The third-order valence-electron chi connectivity index (χ3n) is 4.13. The summed E-state index contributed by atoms with van der Waals surface area (Å²) >= 11 is 5.18. The lowest BCUT2D eigenvalue weighted by Crippen LogP contribution is -2.47. The second kappa shape index (κ2) is 8.50. The minimum Gasteiger partial charge on any atom is -0.497 e. The predicted molar refractivity (Wildman–Crippen MR) is 108 cm³/mol. The number of rotatable bonds is 5. The molecule has 0 aliphatic heterocycles. The highest BCUT2D eigenvalue weighted by Crippen LogP contribution is 2.14. The molecule has 8 heteroatoms. The number of hydrogen-bond acceptors (Lipinski definition) is 4. The maximum atomic E-state index is 12.2. The van der Waals surface area contributed by atoms with Gasteiger partial charge in [0.1, 0.15) is 11.6 Å². The van der Waals surface area contributed by atoms with Gasteiger partial charge in [-0.1, -0.05) is 24.3 Å². The van der Waals surface area contributed by atoms with E-state index in [9.17, 15) is 4.79 Å². The Labute approximate surface area is 162 Å². The number of nitrogens with one attached hydrogen (secondary N) is 3. The molecule has 7 nitrogen and oxygen atoms in total. The smallest absolute Gasteiger partial charge is 0.245 e. The summed E-state index contributed by atoms with van der Waals surface area (Å²) in [6, 6.07) is 15.4. The number of hydrogen-bond donors (Lipinski definition) is 3. The van der Waals surface area contributed by atoms with Gasteiger partial charge < -0.3 is 14.6 Å². The van der Waals surface area contributed by atoms with E-state index in [2.05, 4.69) is 21.2 Å². The highest BCUT2D eigenvalue weighted by molar-refractivity contribution is 7.80. The van der Waals surface area contributed by atoms with E-state index in [0.29, 0.717) is 17.5 Å². The molecule has 0 atom stereocenters. The van der Waals surface area contributed by atoms with E-state index >= 15 is 0 Å². The molecular formula is C19H21N5O2S. The summed E-state index contributed by atoms with van der Waals surface area (Å²) in [6.45, 7) is 0.538. The van der Waals surface area contributed by atoms with E-state index in [1.54, 1.807) is 7.11 Å². The number of aryl methyl sites for hydroxylation is 1. The van der Waals surface area contributed by atoms with Crippen molar-refractivity contribution in [3.05, 3.63) is 59.9 Å². The Balaban J connectivity index is 1.46. The minimum absolute atomic E-state index is 0.152. The molecule has 2 aromatic carbocycles. The van der Waals surface area contributed by atoms with Gasteiger partial charge in [-0.25, -0.2) is 4.98 Å². The van der Waals surface area contributed by atoms with E-state index in [-0.39, 0.29) is 12.3 Å². The number of benzene rings is 2. The zero-order valence-electron chi connectivity index (χ0n) is 15.2. The second-order valence-corrected chi connectivity index (χ2v) is 6.36. The number of fused-ring (bicyclic) bond motifs is 1. The van der Waals surface area contributed by atoms with Gasteiger partial charge in [-0.3, -0.25) is 15.6 Å². The van der Waals surface area contributed by atoms with Crippen LogP contribution < -0.4 is 20.9 Å². The average Bonchev–Trinajstić information content (AvgIpc) is 3.01. The van der Waals surface area contributed by atoms with Crippen molar-refractivity contribution in [3.63, 3.8) is 0 Å². The van der Waals surface area contributed by atoms with Crippen molar-refractivity contribution >= 4 is 34.3 Å². The molecule has 0 spiro atoms. The number of ether oxygens (including phenoxy) is 1. The van der Waals surface area contributed by atoms with Crippen molar-refractivity contribution in [1.82, 2.24) is 25.7 Å². The summed E-state index contributed by atoms with van der Waals surface area (Å²) in [5, 5.41) is 3.37. The van der Waals surface area contributed by atoms with Crippen molar-refractivity contribution < 1.29 is 9.53 Å². The Morgan fingerprint density at radius 1 is 1.15 bits per heavy atom. The third-order valence-corrected chi connectivity index (χ3v) is 4.37. The number of carbonyl (C=O) groups excluding carboxylic acids is 1. The van der Waals surface area contributed by atoms with E-state index in [4.69, 9.17) is 17.0 Å². The maximum Gasteiger partial charge on any atom is 0.245 e. The van der Waals surface area contributed by atoms with Gasteiger partial charge in [-0.2, -0.15) is 0 Å².